The van der Waals surface area contributed by atoms with Gasteiger partial charge in [-0.3, -0.25) is 4.79 Å². The van der Waals surface area contributed by atoms with Gasteiger partial charge in [0.15, 0.2) is 18.1 Å². The van der Waals surface area contributed by atoms with Gasteiger partial charge < -0.3 is 20.1 Å². The fraction of sp³-hybridized carbons (Fsp3) is 0.208. The maximum Gasteiger partial charge on any atom is 0.262 e. The van der Waals surface area contributed by atoms with E-state index in [0.29, 0.717) is 30.3 Å². The Morgan fingerprint density at radius 1 is 1.00 bits per heavy atom. The monoisotopic (exact) mass is 486 g/mol. The van der Waals surface area contributed by atoms with Crippen LogP contribution in [0.4, 0.5) is 10.1 Å². The van der Waals surface area contributed by atoms with Crippen LogP contribution < -0.4 is 20.1 Å². The number of carbonyl (C=O) groups is 1. The van der Waals surface area contributed by atoms with E-state index >= 15 is 0 Å². The van der Waals surface area contributed by atoms with Crippen molar-refractivity contribution in [2.75, 3.05) is 19.0 Å². The lowest BCUT2D eigenvalue weighted by atomic mass is 10.1. The third kappa shape index (κ3) is 6.54. The van der Waals surface area contributed by atoms with E-state index in [-0.39, 0.29) is 18.3 Å². The number of ether oxygens (including phenoxy) is 2. The van der Waals surface area contributed by atoms with E-state index in [1.165, 1.54) is 12.1 Å². The molecule has 0 aliphatic heterocycles. The highest BCUT2D eigenvalue weighted by atomic mass is 79.9. The number of rotatable bonds is 9. The highest BCUT2D eigenvalue weighted by molar-refractivity contribution is 9.10. The van der Waals surface area contributed by atoms with Crippen molar-refractivity contribution in [3.8, 4) is 11.5 Å². The second-order valence-electron chi connectivity index (χ2n) is 6.99. The van der Waals surface area contributed by atoms with E-state index in [2.05, 4.69) is 26.6 Å². The summed E-state index contributed by atoms with van der Waals surface area (Å²) in [6.07, 6.45) is 0. The summed E-state index contributed by atoms with van der Waals surface area (Å²) in [6, 6.07) is 17.5. The zero-order valence-electron chi connectivity index (χ0n) is 17.4. The molecule has 0 aliphatic rings. The Balaban J connectivity index is 1.66. The van der Waals surface area contributed by atoms with Crippen LogP contribution in [0.15, 0.2) is 65.1 Å². The summed E-state index contributed by atoms with van der Waals surface area (Å²) in [5, 5.41) is 6.13. The van der Waals surface area contributed by atoms with Crippen molar-refractivity contribution in [3.05, 3.63) is 87.6 Å². The van der Waals surface area contributed by atoms with Crippen molar-refractivity contribution in [1.29, 1.82) is 0 Å². The Morgan fingerprint density at radius 3 is 2.39 bits per heavy atom. The van der Waals surface area contributed by atoms with Crippen LogP contribution in [0.5, 0.6) is 11.5 Å². The minimum Gasteiger partial charge on any atom is -0.493 e. The van der Waals surface area contributed by atoms with Crippen molar-refractivity contribution >= 4 is 27.5 Å². The number of halogens is 2. The summed E-state index contributed by atoms with van der Waals surface area (Å²) in [4.78, 5) is 12.4. The molecule has 3 aromatic rings. The first kappa shape index (κ1) is 22.8. The van der Waals surface area contributed by atoms with Crippen LogP contribution in [-0.2, 0) is 17.9 Å². The molecule has 0 saturated carbocycles. The van der Waals surface area contributed by atoms with Gasteiger partial charge in [-0.05, 0) is 48.9 Å². The van der Waals surface area contributed by atoms with Crippen LogP contribution in [0.2, 0.25) is 0 Å². The number of aryl methyl sites for hydroxylation is 1. The standard InChI is InChI=1S/C24H24BrFN2O3/c1-16-3-9-19(10-4-16)28-23(29)15-31-24-20(21(25)11-12-22(24)30-2)14-27-13-17-5-7-18(26)8-6-17/h3-12,27H,13-15H2,1-2H3,(H,28,29). The second-order valence-corrected chi connectivity index (χ2v) is 7.84. The van der Waals surface area contributed by atoms with Gasteiger partial charge in [-0.15, -0.1) is 0 Å². The molecule has 2 N–H and O–H groups in total. The topological polar surface area (TPSA) is 59.6 Å². The quantitative estimate of drug-likeness (QED) is 0.435. The molecule has 5 nitrogen and oxygen atoms in total. The lowest BCUT2D eigenvalue weighted by Crippen LogP contribution is -2.21. The summed E-state index contributed by atoms with van der Waals surface area (Å²) in [5.41, 5.74) is 3.61. The fourth-order valence-electron chi connectivity index (χ4n) is 2.97. The van der Waals surface area contributed by atoms with Crippen molar-refractivity contribution < 1.29 is 18.7 Å². The molecule has 0 bridgehead atoms. The molecule has 0 spiro atoms. The van der Waals surface area contributed by atoms with E-state index in [4.69, 9.17) is 9.47 Å². The number of methoxy groups -OCH3 is 1. The molecule has 0 saturated heterocycles. The zero-order valence-corrected chi connectivity index (χ0v) is 19.0. The molecule has 0 aromatic heterocycles. The third-order valence-corrected chi connectivity index (χ3v) is 5.36. The highest BCUT2D eigenvalue weighted by Gasteiger charge is 2.16. The van der Waals surface area contributed by atoms with E-state index in [0.717, 1.165) is 21.2 Å². The van der Waals surface area contributed by atoms with Gasteiger partial charge in [0.1, 0.15) is 5.82 Å². The minimum atomic E-state index is -0.267. The number of hydrogen-bond donors (Lipinski definition) is 2. The summed E-state index contributed by atoms with van der Waals surface area (Å²) < 4.78 is 25.2. The van der Waals surface area contributed by atoms with Crippen LogP contribution in [0.3, 0.4) is 0 Å². The summed E-state index contributed by atoms with van der Waals surface area (Å²) in [6.45, 7) is 2.84. The first-order valence-electron chi connectivity index (χ1n) is 9.76. The van der Waals surface area contributed by atoms with Gasteiger partial charge in [0.25, 0.3) is 5.91 Å². The molecule has 0 fully saturated rings. The lowest BCUT2D eigenvalue weighted by molar-refractivity contribution is -0.118. The van der Waals surface area contributed by atoms with Gasteiger partial charge >= 0.3 is 0 Å². The van der Waals surface area contributed by atoms with Crippen LogP contribution in [-0.4, -0.2) is 19.6 Å². The van der Waals surface area contributed by atoms with E-state index < -0.39 is 0 Å². The molecule has 0 aliphatic carbocycles. The smallest absolute Gasteiger partial charge is 0.262 e. The zero-order chi connectivity index (χ0) is 22.2. The second kappa shape index (κ2) is 10.9. The van der Waals surface area contributed by atoms with Crippen molar-refractivity contribution in [2.24, 2.45) is 0 Å². The van der Waals surface area contributed by atoms with Gasteiger partial charge in [0.05, 0.1) is 7.11 Å². The SMILES string of the molecule is COc1ccc(Br)c(CNCc2ccc(F)cc2)c1OCC(=O)Nc1ccc(C)cc1. The van der Waals surface area contributed by atoms with Gasteiger partial charge in [-0.25, -0.2) is 4.39 Å². The number of hydrogen-bond acceptors (Lipinski definition) is 4. The number of carbonyl (C=O) groups excluding carboxylic acids is 1. The first-order chi connectivity index (χ1) is 15.0. The van der Waals surface area contributed by atoms with Gasteiger partial charge in [0, 0.05) is 28.8 Å². The Morgan fingerprint density at radius 2 is 1.71 bits per heavy atom. The highest BCUT2D eigenvalue weighted by Crippen LogP contribution is 2.36. The number of nitrogens with one attached hydrogen (secondary N) is 2. The maximum absolute atomic E-state index is 13.1. The van der Waals surface area contributed by atoms with E-state index in [1.54, 1.807) is 25.3 Å². The molecule has 0 radical (unpaired) electrons. The molecular formula is C24H24BrFN2O3. The van der Waals surface area contributed by atoms with Crippen molar-refractivity contribution in [2.45, 2.75) is 20.0 Å². The predicted molar refractivity (Wildman–Crippen MR) is 123 cm³/mol. The number of amides is 1. The van der Waals surface area contributed by atoms with Crippen LogP contribution in [0, 0.1) is 12.7 Å². The largest absolute Gasteiger partial charge is 0.493 e. The minimum absolute atomic E-state index is 0.161. The summed E-state index contributed by atoms with van der Waals surface area (Å²) in [7, 11) is 1.55. The fourth-order valence-corrected chi connectivity index (χ4v) is 3.42. The molecule has 7 heteroatoms. The first-order valence-corrected chi connectivity index (χ1v) is 10.6. The average Bonchev–Trinajstić information content (AvgIpc) is 2.76. The molecule has 162 valence electrons. The normalized spacial score (nSPS) is 10.6. The van der Waals surface area contributed by atoms with E-state index in [1.807, 2.05) is 37.3 Å². The summed E-state index contributed by atoms with van der Waals surface area (Å²) >= 11 is 3.55. The molecule has 0 unspecified atom stereocenters. The predicted octanol–water partition coefficient (Wildman–Crippen LogP) is 5.21. The molecule has 1 amide bonds. The van der Waals surface area contributed by atoms with Crippen molar-refractivity contribution in [3.63, 3.8) is 0 Å². The molecule has 3 rings (SSSR count). The Bertz CT molecular complexity index is 1020. The maximum atomic E-state index is 13.1. The van der Waals surface area contributed by atoms with Crippen LogP contribution >= 0.6 is 15.9 Å². The molecule has 0 atom stereocenters. The summed E-state index contributed by atoms with van der Waals surface area (Å²) in [5.74, 6) is 0.488. The van der Waals surface area contributed by atoms with Crippen LogP contribution in [0.25, 0.3) is 0 Å². The van der Waals surface area contributed by atoms with Gasteiger partial charge in [-0.1, -0.05) is 45.8 Å². The number of anilines is 1. The number of benzene rings is 3. The van der Waals surface area contributed by atoms with Gasteiger partial charge in [-0.2, -0.15) is 0 Å². The van der Waals surface area contributed by atoms with Gasteiger partial charge in [0.2, 0.25) is 0 Å². The lowest BCUT2D eigenvalue weighted by Gasteiger charge is -2.17. The molecule has 3 aromatic carbocycles. The molecule has 31 heavy (non-hydrogen) atoms. The Hall–Kier alpha value is -2.90. The third-order valence-electron chi connectivity index (χ3n) is 4.61. The Kier molecular flexibility index (Phi) is 8.03. The van der Waals surface area contributed by atoms with E-state index in [9.17, 15) is 9.18 Å². The van der Waals surface area contributed by atoms with Crippen LogP contribution in [0.1, 0.15) is 16.7 Å². The molecule has 0 heterocycles. The average molecular weight is 487 g/mol. The molecular weight excluding hydrogens is 463 g/mol. The van der Waals surface area contributed by atoms with Crippen molar-refractivity contribution in [1.82, 2.24) is 5.32 Å². The Labute approximate surface area is 189 Å².